The first-order valence-electron chi connectivity index (χ1n) is 6.81. The van der Waals surface area contributed by atoms with E-state index in [9.17, 15) is 13.2 Å². The molecule has 0 saturated carbocycles. The van der Waals surface area contributed by atoms with Gasteiger partial charge in [-0.2, -0.15) is 0 Å². The molecule has 1 atom stereocenters. The summed E-state index contributed by atoms with van der Waals surface area (Å²) in [6.07, 6.45) is 1.68. The summed E-state index contributed by atoms with van der Waals surface area (Å²) in [5.41, 5.74) is 0.489. The fourth-order valence-corrected chi connectivity index (χ4v) is 3.61. The second kappa shape index (κ2) is 6.86. The SMILES string of the molecule is CCOc1ncccc1NC(=O)CC1CS(=O)(=O)CCN1. The van der Waals surface area contributed by atoms with E-state index in [0.717, 1.165) is 0 Å². The topological polar surface area (TPSA) is 97.4 Å². The minimum atomic E-state index is -3.05. The number of pyridine rings is 1. The van der Waals surface area contributed by atoms with Crippen LogP contribution in [-0.2, 0) is 14.6 Å². The molecule has 0 aliphatic carbocycles. The second-order valence-corrected chi connectivity index (χ2v) is 7.04. The Labute approximate surface area is 124 Å². The van der Waals surface area contributed by atoms with Crippen molar-refractivity contribution in [2.45, 2.75) is 19.4 Å². The molecule has 21 heavy (non-hydrogen) atoms. The molecule has 1 fully saturated rings. The van der Waals surface area contributed by atoms with Crippen molar-refractivity contribution in [2.75, 3.05) is 30.0 Å². The van der Waals surface area contributed by atoms with Crippen LogP contribution in [0.1, 0.15) is 13.3 Å². The fraction of sp³-hybridized carbons (Fsp3) is 0.538. The molecule has 7 nitrogen and oxygen atoms in total. The van der Waals surface area contributed by atoms with Gasteiger partial charge in [-0.1, -0.05) is 0 Å². The Hall–Kier alpha value is -1.67. The van der Waals surface area contributed by atoms with Crippen LogP contribution in [0.4, 0.5) is 5.69 Å². The minimum absolute atomic E-state index is 0.00816. The highest BCUT2D eigenvalue weighted by molar-refractivity contribution is 7.91. The van der Waals surface area contributed by atoms with Crippen LogP contribution < -0.4 is 15.4 Å². The van der Waals surface area contributed by atoms with Crippen LogP contribution in [0.25, 0.3) is 0 Å². The number of ether oxygens (including phenoxy) is 1. The molecule has 1 aliphatic rings. The Kier molecular flexibility index (Phi) is 5.13. The summed E-state index contributed by atoms with van der Waals surface area (Å²) in [4.78, 5) is 16.1. The van der Waals surface area contributed by atoms with Crippen LogP contribution >= 0.6 is 0 Å². The molecule has 1 unspecified atom stereocenters. The van der Waals surface area contributed by atoms with Gasteiger partial charge < -0.3 is 15.4 Å². The zero-order valence-electron chi connectivity index (χ0n) is 11.8. The monoisotopic (exact) mass is 313 g/mol. The Morgan fingerprint density at radius 2 is 2.38 bits per heavy atom. The first-order chi connectivity index (χ1) is 10.00. The fourth-order valence-electron chi connectivity index (χ4n) is 2.16. The molecule has 2 N–H and O–H groups in total. The highest BCUT2D eigenvalue weighted by atomic mass is 32.2. The van der Waals surface area contributed by atoms with E-state index in [4.69, 9.17) is 4.74 Å². The van der Waals surface area contributed by atoms with E-state index in [-0.39, 0.29) is 29.9 Å². The van der Waals surface area contributed by atoms with E-state index in [2.05, 4.69) is 15.6 Å². The maximum absolute atomic E-state index is 12.0. The summed E-state index contributed by atoms with van der Waals surface area (Å²) in [5, 5.41) is 5.75. The van der Waals surface area contributed by atoms with Crippen molar-refractivity contribution < 1.29 is 17.9 Å². The quantitative estimate of drug-likeness (QED) is 0.806. The predicted octanol–water partition coefficient (Wildman–Crippen LogP) is 0.196. The summed E-state index contributed by atoms with van der Waals surface area (Å²) in [5.74, 6) is 0.213. The second-order valence-electron chi connectivity index (χ2n) is 4.81. The molecule has 2 heterocycles. The number of amides is 1. The van der Waals surface area contributed by atoms with Gasteiger partial charge in [0, 0.05) is 25.2 Å². The zero-order chi connectivity index (χ0) is 15.3. The number of rotatable bonds is 5. The Balaban J connectivity index is 1.96. The Morgan fingerprint density at radius 1 is 1.57 bits per heavy atom. The lowest BCUT2D eigenvalue weighted by Crippen LogP contribution is -2.46. The number of hydrogen-bond donors (Lipinski definition) is 2. The van der Waals surface area contributed by atoms with Gasteiger partial charge in [0.1, 0.15) is 5.69 Å². The first kappa shape index (κ1) is 15.7. The lowest BCUT2D eigenvalue weighted by molar-refractivity contribution is -0.116. The molecule has 1 saturated heterocycles. The average molecular weight is 313 g/mol. The molecule has 0 aromatic carbocycles. The van der Waals surface area contributed by atoms with Gasteiger partial charge in [-0.15, -0.1) is 0 Å². The van der Waals surface area contributed by atoms with Crippen molar-refractivity contribution in [3.05, 3.63) is 18.3 Å². The highest BCUT2D eigenvalue weighted by Crippen LogP contribution is 2.20. The van der Waals surface area contributed by atoms with Crippen LogP contribution in [0.15, 0.2) is 18.3 Å². The number of sulfone groups is 1. The van der Waals surface area contributed by atoms with E-state index >= 15 is 0 Å². The van der Waals surface area contributed by atoms with Crippen molar-refractivity contribution in [3.8, 4) is 5.88 Å². The summed E-state index contributed by atoms with van der Waals surface area (Å²) in [6.45, 7) is 2.66. The molecule has 0 radical (unpaired) electrons. The molecule has 1 amide bonds. The lowest BCUT2D eigenvalue weighted by Gasteiger charge is -2.23. The number of carbonyl (C=O) groups excluding carboxylic acids is 1. The number of aromatic nitrogens is 1. The summed E-state index contributed by atoms with van der Waals surface area (Å²) in [6, 6.07) is 3.04. The van der Waals surface area contributed by atoms with Crippen LogP contribution in [0, 0.1) is 0 Å². The van der Waals surface area contributed by atoms with Gasteiger partial charge in [0.2, 0.25) is 11.8 Å². The molecule has 116 valence electrons. The molecular weight excluding hydrogens is 294 g/mol. The van der Waals surface area contributed by atoms with E-state index in [0.29, 0.717) is 24.7 Å². The van der Waals surface area contributed by atoms with Crippen molar-refractivity contribution in [2.24, 2.45) is 0 Å². The lowest BCUT2D eigenvalue weighted by atomic mass is 10.2. The van der Waals surface area contributed by atoms with Gasteiger partial charge in [0.05, 0.1) is 18.1 Å². The van der Waals surface area contributed by atoms with Crippen molar-refractivity contribution in [3.63, 3.8) is 0 Å². The van der Waals surface area contributed by atoms with E-state index in [1.807, 2.05) is 6.92 Å². The van der Waals surface area contributed by atoms with Gasteiger partial charge in [0.25, 0.3) is 0 Å². The molecule has 1 aromatic heterocycles. The smallest absolute Gasteiger partial charge is 0.237 e. The van der Waals surface area contributed by atoms with Crippen LogP contribution in [0.3, 0.4) is 0 Å². The maximum Gasteiger partial charge on any atom is 0.237 e. The van der Waals surface area contributed by atoms with E-state index in [1.165, 1.54) is 0 Å². The number of carbonyl (C=O) groups is 1. The molecule has 8 heteroatoms. The predicted molar refractivity (Wildman–Crippen MR) is 79.1 cm³/mol. The van der Waals surface area contributed by atoms with Gasteiger partial charge in [-0.05, 0) is 19.1 Å². The van der Waals surface area contributed by atoms with Crippen LogP contribution in [0.2, 0.25) is 0 Å². The van der Waals surface area contributed by atoms with E-state index in [1.54, 1.807) is 18.3 Å². The highest BCUT2D eigenvalue weighted by Gasteiger charge is 2.26. The van der Waals surface area contributed by atoms with Crippen molar-refractivity contribution in [1.82, 2.24) is 10.3 Å². The summed E-state index contributed by atoms with van der Waals surface area (Å²) in [7, 11) is -3.05. The largest absolute Gasteiger partial charge is 0.476 e. The number of nitrogens with zero attached hydrogens (tertiary/aromatic N) is 1. The third-order valence-electron chi connectivity index (χ3n) is 3.06. The number of anilines is 1. The molecule has 1 aromatic rings. The molecule has 2 rings (SSSR count). The molecular formula is C13H19N3O4S. The third-order valence-corrected chi connectivity index (χ3v) is 4.80. The van der Waals surface area contributed by atoms with Crippen molar-refractivity contribution in [1.29, 1.82) is 0 Å². The third kappa shape index (κ3) is 4.68. The van der Waals surface area contributed by atoms with Gasteiger partial charge in [-0.25, -0.2) is 13.4 Å². The van der Waals surface area contributed by atoms with Crippen LogP contribution in [0.5, 0.6) is 5.88 Å². The average Bonchev–Trinajstić information content (AvgIpc) is 2.40. The molecule has 0 bridgehead atoms. The summed E-state index contributed by atoms with van der Waals surface area (Å²) < 4.78 is 28.4. The molecule has 0 spiro atoms. The normalized spacial score (nSPS) is 20.7. The Morgan fingerprint density at radius 3 is 3.10 bits per heavy atom. The van der Waals surface area contributed by atoms with E-state index < -0.39 is 9.84 Å². The Bertz CT molecular complexity index is 603. The first-order valence-corrected chi connectivity index (χ1v) is 8.64. The van der Waals surface area contributed by atoms with Gasteiger partial charge in [-0.3, -0.25) is 4.79 Å². The van der Waals surface area contributed by atoms with Crippen LogP contribution in [-0.4, -0.2) is 50.0 Å². The summed E-state index contributed by atoms with van der Waals surface area (Å²) >= 11 is 0. The number of hydrogen-bond acceptors (Lipinski definition) is 6. The zero-order valence-corrected chi connectivity index (χ0v) is 12.6. The van der Waals surface area contributed by atoms with Gasteiger partial charge >= 0.3 is 0 Å². The standard InChI is InChI=1S/C13H19N3O4S/c1-2-20-13-11(4-3-5-15-13)16-12(17)8-10-9-21(18,19)7-6-14-10/h3-5,10,14H,2,6-9H2,1H3,(H,16,17). The molecule has 1 aliphatic heterocycles. The maximum atomic E-state index is 12.0. The van der Waals surface area contributed by atoms with Crippen molar-refractivity contribution >= 4 is 21.4 Å². The van der Waals surface area contributed by atoms with Gasteiger partial charge in [0.15, 0.2) is 9.84 Å². The minimum Gasteiger partial charge on any atom is -0.476 e. The number of nitrogens with one attached hydrogen (secondary N) is 2.